The van der Waals surface area contributed by atoms with E-state index in [0.717, 1.165) is 0 Å². The van der Waals surface area contributed by atoms with Gasteiger partial charge in [0.1, 0.15) is 6.61 Å². The molecule has 170 valence electrons. The molecule has 32 heavy (non-hydrogen) atoms. The normalized spacial score (nSPS) is 12.5. The summed E-state index contributed by atoms with van der Waals surface area (Å²) in [5.41, 5.74) is -0.573. The van der Waals surface area contributed by atoms with Crippen molar-refractivity contribution in [1.82, 2.24) is 24.9 Å². The van der Waals surface area contributed by atoms with Crippen LogP contribution in [0, 0.1) is 5.82 Å². The Bertz CT molecular complexity index is 1090. The molecule has 1 aromatic carbocycles. The molecule has 0 aliphatic carbocycles. The van der Waals surface area contributed by atoms with Gasteiger partial charge in [0.2, 0.25) is 5.88 Å². The van der Waals surface area contributed by atoms with Gasteiger partial charge in [-0.15, -0.1) is 0 Å². The van der Waals surface area contributed by atoms with Crippen LogP contribution in [0.5, 0.6) is 5.88 Å². The standard InChI is InChI=1S/C20H18ClF4N5O2/c1-3-29(12(2)11-32-18-16(22)8-13(10-26-18)20(23,24)25)19(31)15-5-4-14(21)9-17(15)30-27-6-7-28-30/h4-10,12H,3,11H2,1-2H3/t12-/m0/s1. The number of alkyl halides is 3. The van der Waals surface area contributed by atoms with E-state index in [1.807, 2.05) is 0 Å². The number of rotatable bonds is 7. The third-order valence-corrected chi connectivity index (χ3v) is 4.79. The summed E-state index contributed by atoms with van der Waals surface area (Å²) in [6.45, 7) is 3.48. The molecule has 2 aromatic heterocycles. The topological polar surface area (TPSA) is 73.1 Å². The summed E-state index contributed by atoms with van der Waals surface area (Å²) in [6, 6.07) is 4.39. The first kappa shape index (κ1) is 23.5. The first-order chi connectivity index (χ1) is 15.1. The summed E-state index contributed by atoms with van der Waals surface area (Å²) < 4.78 is 57.2. The number of hydrogen-bond acceptors (Lipinski definition) is 5. The number of ether oxygens (including phenoxy) is 1. The monoisotopic (exact) mass is 471 g/mol. The summed E-state index contributed by atoms with van der Waals surface area (Å²) in [5, 5.41) is 8.45. The second-order valence-corrected chi connectivity index (χ2v) is 7.18. The summed E-state index contributed by atoms with van der Waals surface area (Å²) in [4.78, 5) is 19.3. The fourth-order valence-corrected chi connectivity index (χ4v) is 3.14. The van der Waals surface area contributed by atoms with Crippen molar-refractivity contribution in [2.45, 2.75) is 26.1 Å². The fraction of sp³-hybridized carbons (Fsp3) is 0.300. The lowest BCUT2D eigenvalue weighted by Crippen LogP contribution is -2.42. The van der Waals surface area contributed by atoms with E-state index in [1.54, 1.807) is 26.0 Å². The highest BCUT2D eigenvalue weighted by molar-refractivity contribution is 6.31. The van der Waals surface area contributed by atoms with Crippen LogP contribution in [0.25, 0.3) is 5.69 Å². The zero-order valence-corrected chi connectivity index (χ0v) is 17.7. The van der Waals surface area contributed by atoms with Gasteiger partial charge in [-0.05, 0) is 38.1 Å². The minimum Gasteiger partial charge on any atom is -0.473 e. The van der Waals surface area contributed by atoms with Crippen LogP contribution in [-0.2, 0) is 6.18 Å². The Balaban J connectivity index is 1.77. The number of nitrogens with zero attached hydrogens (tertiary/aromatic N) is 5. The van der Waals surface area contributed by atoms with E-state index in [4.69, 9.17) is 16.3 Å². The van der Waals surface area contributed by atoms with Gasteiger partial charge in [0, 0.05) is 17.8 Å². The maximum Gasteiger partial charge on any atom is 0.417 e. The Hall–Kier alpha value is -3.21. The van der Waals surface area contributed by atoms with Crippen LogP contribution in [-0.4, -0.2) is 50.0 Å². The van der Waals surface area contributed by atoms with E-state index in [9.17, 15) is 22.4 Å². The molecule has 0 aliphatic rings. The van der Waals surface area contributed by atoms with E-state index in [2.05, 4.69) is 15.2 Å². The molecule has 12 heteroatoms. The Labute approximate surface area is 185 Å². The van der Waals surface area contributed by atoms with Crippen molar-refractivity contribution < 1.29 is 27.1 Å². The van der Waals surface area contributed by atoms with E-state index in [0.29, 0.717) is 23.0 Å². The summed E-state index contributed by atoms with van der Waals surface area (Å²) in [5.74, 6) is -2.21. The molecule has 0 unspecified atom stereocenters. The zero-order valence-electron chi connectivity index (χ0n) is 17.0. The highest BCUT2D eigenvalue weighted by Gasteiger charge is 2.32. The molecule has 0 saturated carbocycles. The molecule has 0 saturated heterocycles. The summed E-state index contributed by atoms with van der Waals surface area (Å²) >= 11 is 6.06. The van der Waals surface area contributed by atoms with E-state index < -0.39 is 29.5 Å². The third kappa shape index (κ3) is 5.16. The quantitative estimate of drug-likeness (QED) is 0.477. The molecule has 2 heterocycles. The van der Waals surface area contributed by atoms with Gasteiger partial charge in [0.15, 0.2) is 5.82 Å². The van der Waals surface area contributed by atoms with Gasteiger partial charge in [-0.3, -0.25) is 4.79 Å². The SMILES string of the molecule is CCN(C(=O)c1ccc(Cl)cc1-n1nccn1)[C@@H](C)COc1ncc(C(F)(F)F)cc1F. The number of amides is 1. The number of benzene rings is 1. The Morgan fingerprint density at radius 1 is 1.25 bits per heavy atom. The summed E-state index contributed by atoms with van der Waals surface area (Å²) in [6.07, 6.45) is -1.32. The second-order valence-electron chi connectivity index (χ2n) is 6.74. The molecule has 0 aliphatic heterocycles. The first-order valence-electron chi connectivity index (χ1n) is 9.44. The lowest BCUT2D eigenvalue weighted by Gasteiger charge is -2.28. The van der Waals surface area contributed by atoms with Gasteiger partial charge >= 0.3 is 6.18 Å². The highest BCUT2D eigenvalue weighted by Crippen LogP contribution is 2.30. The van der Waals surface area contributed by atoms with Gasteiger partial charge in [0.05, 0.1) is 35.2 Å². The van der Waals surface area contributed by atoms with Crippen molar-refractivity contribution in [3.05, 3.63) is 64.8 Å². The smallest absolute Gasteiger partial charge is 0.417 e. The molecule has 1 amide bonds. The molecule has 3 rings (SSSR count). The third-order valence-electron chi connectivity index (χ3n) is 4.55. The average Bonchev–Trinajstić information content (AvgIpc) is 3.27. The number of aromatic nitrogens is 4. The van der Waals surface area contributed by atoms with Crippen LogP contribution in [0.2, 0.25) is 5.02 Å². The van der Waals surface area contributed by atoms with Crippen LogP contribution in [0.1, 0.15) is 29.8 Å². The maximum absolute atomic E-state index is 14.0. The Kier molecular flexibility index (Phi) is 6.97. The van der Waals surface area contributed by atoms with Crippen LogP contribution in [0.3, 0.4) is 0 Å². The lowest BCUT2D eigenvalue weighted by molar-refractivity contribution is -0.138. The molecular weight excluding hydrogens is 454 g/mol. The van der Waals surface area contributed by atoms with Crippen LogP contribution in [0.15, 0.2) is 42.9 Å². The Morgan fingerprint density at radius 3 is 2.53 bits per heavy atom. The van der Waals surface area contributed by atoms with Crippen LogP contribution < -0.4 is 4.74 Å². The minimum atomic E-state index is -4.72. The van der Waals surface area contributed by atoms with Crippen LogP contribution >= 0.6 is 11.6 Å². The van der Waals surface area contributed by atoms with Gasteiger partial charge < -0.3 is 9.64 Å². The minimum absolute atomic E-state index is 0.197. The fourth-order valence-electron chi connectivity index (χ4n) is 2.98. The second kappa shape index (κ2) is 9.51. The number of likely N-dealkylation sites (N-methyl/N-ethyl adjacent to an activating group) is 1. The van der Waals surface area contributed by atoms with Crippen molar-refractivity contribution in [3.8, 4) is 11.6 Å². The van der Waals surface area contributed by atoms with E-state index >= 15 is 0 Å². The predicted molar refractivity (Wildman–Crippen MR) is 107 cm³/mol. The number of hydrogen-bond donors (Lipinski definition) is 0. The molecule has 0 N–H and O–H groups in total. The van der Waals surface area contributed by atoms with Crippen LogP contribution in [0.4, 0.5) is 17.6 Å². The molecule has 0 bridgehead atoms. The van der Waals surface area contributed by atoms with E-state index in [-0.39, 0.29) is 24.6 Å². The molecular formula is C20H18ClF4N5O2. The van der Waals surface area contributed by atoms with Gasteiger partial charge in [-0.25, -0.2) is 9.37 Å². The van der Waals surface area contributed by atoms with Gasteiger partial charge in [-0.1, -0.05) is 11.6 Å². The number of pyridine rings is 1. The molecule has 3 aromatic rings. The van der Waals surface area contributed by atoms with Crippen molar-refractivity contribution in [1.29, 1.82) is 0 Å². The zero-order chi connectivity index (χ0) is 23.5. The lowest BCUT2D eigenvalue weighted by atomic mass is 10.1. The molecule has 0 radical (unpaired) electrons. The first-order valence-corrected chi connectivity index (χ1v) is 9.82. The van der Waals surface area contributed by atoms with Gasteiger partial charge in [-0.2, -0.15) is 28.2 Å². The van der Waals surface area contributed by atoms with Crippen molar-refractivity contribution >= 4 is 17.5 Å². The number of carbonyl (C=O) groups excluding carboxylic acids is 1. The summed E-state index contributed by atoms with van der Waals surface area (Å²) in [7, 11) is 0. The van der Waals surface area contributed by atoms with Crippen molar-refractivity contribution in [3.63, 3.8) is 0 Å². The maximum atomic E-state index is 14.0. The average molecular weight is 472 g/mol. The van der Waals surface area contributed by atoms with Crippen molar-refractivity contribution in [2.75, 3.05) is 13.2 Å². The molecule has 7 nitrogen and oxygen atoms in total. The van der Waals surface area contributed by atoms with Gasteiger partial charge in [0.25, 0.3) is 5.91 Å². The largest absolute Gasteiger partial charge is 0.473 e. The molecule has 0 fully saturated rings. The highest BCUT2D eigenvalue weighted by atomic mass is 35.5. The number of carbonyl (C=O) groups is 1. The van der Waals surface area contributed by atoms with Crippen molar-refractivity contribution in [2.24, 2.45) is 0 Å². The Morgan fingerprint density at radius 2 is 1.94 bits per heavy atom. The number of halogens is 5. The molecule has 1 atom stereocenters. The molecule has 0 spiro atoms. The van der Waals surface area contributed by atoms with E-state index in [1.165, 1.54) is 28.2 Å². The predicted octanol–water partition coefficient (Wildman–Crippen LogP) is 4.40.